The molecule has 3 rings (SSSR count). The van der Waals surface area contributed by atoms with Gasteiger partial charge in [0.25, 0.3) is 0 Å². The van der Waals surface area contributed by atoms with E-state index in [-0.39, 0.29) is 35.0 Å². The fraction of sp³-hybridized carbons (Fsp3) is 0.0667. The van der Waals surface area contributed by atoms with Crippen LogP contribution < -0.4 is 4.74 Å². The van der Waals surface area contributed by atoms with Gasteiger partial charge in [-0.05, 0) is 24.3 Å². The third kappa shape index (κ3) is 2.06. The zero-order valence-electron chi connectivity index (χ0n) is 10.7. The van der Waals surface area contributed by atoms with E-state index in [1.165, 1.54) is 12.1 Å². The average Bonchev–Trinajstić information content (AvgIpc) is 2.47. The normalized spacial score (nSPS) is 13.7. The minimum Gasteiger partial charge on any atom is -0.508 e. The van der Waals surface area contributed by atoms with Crippen LogP contribution in [0.5, 0.6) is 28.7 Å². The van der Waals surface area contributed by atoms with Gasteiger partial charge in [0.1, 0.15) is 17.3 Å². The monoisotopic (exact) mass is 288 g/mol. The van der Waals surface area contributed by atoms with Gasteiger partial charge < -0.3 is 30.3 Å². The molecule has 6 nitrogen and oxygen atoms in total. The summed E-state index contributed by atoms with van der Waals surface area (Å²) in [4.78, 5) is 0. The number of aliphatic hydroxyl groups is 1. The highest BCUT2D eigenvalue weighted by Gasteiger charge is 2.26. The third-order valence-corrected chi connectivity index (χ3v) is 3.27. The van der Waals surface area contributed by atoms with Gasteiger partial charge in [-0.2, -0.15) is 0 Å². The van der Waals surface area contributed by atoms with Crippen LogP contribution in [-0.2, 0) is 6.42 Å². The summed E-state index contributed by atoms with van der Waals surface area (Å²) < 4.78 is 5.50. The molecule has 0 unspecified atom stereocenters. The first-order valence-electron chi connectivity index (χ1n) is 6.13. The van der Waals surface area contributed by atoms with Gasteiger partial charge in [-0.15, -0.1) is 0 Å². The van der Waals surface area contributed by atoms with Crippen molar-refractivity contribution in [1.82, 2.24) is 0 Å². The van der Waals surface area contributed by atoms with Crippen LogP contribution >= 0.6 is 0 Å². The number of phenolic OH excluding ortho intramolecular Hbond substituents is 4. The Bertz CT molecular complexity index is 746. The van der Waals surface area contributed by atoms with E-state index in [0.717, 1.165) is 6.07 Å². The highest BCUT2D eigenvalue weighted by Crippen LogP contribution is 2.47. The molecule has 1 aliphatic rings. The molecule has 0 spiro atoms. The summed E-state index contributed by atoms with van der Waals surface area (Å²) in [5.74, 6) is -1.45. The van der Waals surface area contributed by atoms with Crippen LogP contribution in [0.4, 0.5) is 0 Å². The van der Waals surface area contributed by atoms with E-state index in [9.17, 15) is 25.5 Å². The standard InChI is InChI=1S/C15H12O6/c16-8-3-1-7(2-4-8)15-11(18)5-9-12(21-15)6-10(17)14(20)13(9)19/h1-4,6,16-20H,5H2. The summed E-state index contributed by atoms with van der Waals surface area (Å²) in [5, 5.41) is 48.1. The molecule has 0 amide bonds. The Morgan fingerprint density at radius 3 is 2.19 bits per heavy atom. The molecule has 21 heavy (non-hydrogen) atoms. The number of hydrogen-bond acceptors (Lipinski definition) is 6. The van der Waals surface area contributed by atoms with Crippen molar-refractivity contribution in [3.63, 3.8) is 0 Å². The smallest absolute Gasteiger partial charge is 0.200 e. The van der Waals surface area contributed by atoms with Crippen molar-refractivity contribution >= 4 is 5.76 Å². The molecule has 0 saturated heterocycles. The number of benzene rings is 2. The highest BCUT2D eigenvalue weighted by molar-refractivity contribution is 5.71. The predicted molar refractivity (Wildman–Crippen MR) is 73.4 cm³/mol. The van der Waals surface area contributed by atoms with Gasteiger partial charge in [-0.3, -0.25) is 0 Å². The van der Waals surface area contributed by atoms with E-state index in [1.807, 2.05) is 0 Å². The molecule has 2 aromatic rings. The van der Waals surface area contributed by atoms with Gasteiger partial charge in [-0.1, -0.05) is 0 Å². The van der Waals surface area contributed by atoms with Crippen LogP contribution in [0.2, 0.25) is 0 Å². The van der Waals surface area contributed by atoms with Crippen LogP contribution in [0.15, 0.2) is 36.1 Å². The lowest BCUT2D eigenvalue weighted by Gasteiger charge is -2.22. The van der Waals surface area contributed by atoms with Crippen LogP contribution in [-0.4, -0.2) is 25.5 Å². The Kier molecular flexibility index (Phi) is 2.79. The molecular weight excluding hydrogens is 276 g/mol. The molecule has 0 fully saturated rings. The Morgan fingerprint density at radius 1 is 0.857 bits per heavy atom. The lowest BCUT2D eigenvalue weighted by molar-refractivity contribution is 0.334. The quantitative estimate of drug-likeness (QED) is 0.515. The minimum atomic E-state index is -0.654. The van der Waals surface area contributed by atoms with Crippen molar-refractivity contribution in [3.05, 3.63) is 47.2 Å². The molecule has 0 aromatic heterocycles. The third-order valence-electron chi connectivity index (χ3n) is 3.27. The topological polar surface area (TPSA) is 110 Å². The molecule has 1 heterocycles. The Labute approximate surface area is 119 Å². The number of allylic oxidation sites excluding steroid dienone is 1. The van der Waals surface area contributed by atoms with E-state index < -0.39 is 17.2 Å². The molecule has 0 atom stereocenters. The van der Waals surface area contributed by atoms with E-state index in [4.69, 9.17) is 4.74 Å². The fourth-order valence-corrected chi connectivity index (χ4v) is 2.18. The predicted octanol–water partition coefficient (Wildman–Crippen LogP) is 2.37. The van der Waals surface area contributed by atoms with E-state index in [2.05, 4.69) is 0 Å². The van der Waals surface area contributed by atoms with Crippen LogP contribution in [0.1, 0.15) is 11.1 Å². The van der Waals surface area contributed by atoms with Crippen molar-refractivity contribution in [1.29, 1.82) is 0 Å². The zero-order valence-corrected chi connectivity index (χ0v) is 10.7. The SMILES string of the molecule is OC1=C(c2ccc(O)cc2)Oc2cc(O)c(O)c(O)c2C1. The van der Waals surface area contributed by atoms with Crippen LogP contribution in [0.25, 0.3) is 5.76 Å². The maximum atomic E-state index is 10.1. The summed E-state index contributed by atoms with van der Waals surface area (Å²) in [6.45, 7) is 0. The fourth-order valence-electron chi connectivity index (χ4n) is 2.18. The van der Waals surface area contributed by atoms with Gasteiger partial charge >= 0.3 is 0 Å². The number of fused-ring (bicyclic) bond motifs is 1. The van der Waals surface area contributed by atoms with Gasteiger partial charge in [0.05, 0.1) is 0 Å². The van der Waals surface area contributed by atoms with Crippen LogP contribution in [0, 0.1) is 0 Å². The lowest BCUT2D eigenvalue weighted by atomic mass is 10.0. The highest BCUT2D eigenvalue weighted by atomic mass is 16.5. The Morgan fingerprint density at radius 2 is 1.52 bits per heavy atom. The first-order chi connectivity index (χ1) is 9.97. The number of hydrogen-bond donors (Lipinski definition) is 5. The summed E-state index contributed by atoms with van der Waals surface area (Å²) in [5.41, 5.74) is 0.716. The van der Waals surface area contributed by atoms with Gasteiger partial charge in [0.2, 0.25) is 5.75 Å². The maximum absolute atomic E-state index is 10.1. The molecule has 0 saturated carbocycles. The summed E-state index contributed by atoms with van der Waals surface area (Å²) in [6, 6.07) is 7.18. The number of ether oxygens (including phenoxy) is 1. The number of phenols is 4. The molecule has 0 bridgehead atoms. The molecule has 6 heteroatoms. The first kappa shape index (κ1) is 13.0. The molecule has 0 aliphatic carbocycles. The second-order valence-corrected chi connectivity index (χ2v) is 4.67. The average molecular weight is 288 g/mol. The lowest BCUT2D eigenvalue weighted by Crippen LogP contribution is -2.09. The maximum Gasteiger partial charge on any atom is 0.200 e. The number of aliphatic hydroxyl groups excluding tert-OH is 1. The van der Waals surface area contributed by atoms with Crippen molar-refractivity contribution in [2.24, 2.45) is 0 Å². The summed E-state index contributed by atoms with van der Waals surface area (Å²) in [6.07, 6.45) is -0.0504. The minimum absolute atomic E-state index is 0.0504. The van der Waals surface area contributed by atoms with Gasteiger partial charge in [-0.25, -0.2) is 0 Å². The molecule has 1 aliphatic heterocycles. The van der Waals surface area contributed by atoms with Crippen LogP contribution in [0.3, 0.4) is 0 Å². The molecule has 0 radical (unpaired) electrons. The Balaban J connectivity index is 2.07. The van der Waals surface area contributed by atoms with Crippen molar-refractivity contribution in [3.8, 4) is 28.7 Å². The van der Waals surface area contributed by atoms with E-state index >= 15 is 0 Å². The molecule has 5 N–H and O–H groups in total. The molecule has 108 valence electrons. The number of rotatable bonds is 1. The van der Waals surface area contributed by atoms with Gasteiger partial charge in [0.15, 0.2) is 17.3 Å². The molecular formula is C15H12O6. The van der Waals surface area contributed by atoms with E-state index in [1.54, 1.807) is 12.1 Å². The van der Waals surface area contributed by atoms with Crippen molar-refractivity contribution in [2.75, 3.05) is 0 Å². The van der Waals surface area contributed by atoms with Gasteiger partial charge in [0, 0.05) is 23.6 Å². The number of aromatic hydroxyl groups is 4. The summed E-state index contributed by atoms with van der Waals surface area (Å²) >= 11 is 0. The summed E-state index contributed by atoms with van der Waals surface area (Å²) in [7, 11) is 0. The largest absolute Gasteiger partial charge is 0.508 e. The Hall–Kier alpha value is -3.02. The molecule has 2 aromatic carbocycles. The van der Waals surface area contributed by atoms with Crippen molar-refractivity contribution in [2.45, 2.75) is 6.42 Å². The van der Waals surface area contributed by atoms with E-state index in [0.29, 0.717) is 5.56 Å². The second kappa shape index (κ2) is 4.52. The second-order valence-electron chi connectivity index (χ2n) is 4.67. The zero-order chi connectivity index (χ0) is 15.1. The first-order valence-corrected chi connectivity index (χ1v) is 6.13. The van der Waals surface area contributed by atoms with Crippen molar-refractivity contribution < 1.29 is 30.3 Å².